The average molecular weight is 537 g/mol. The number of aliphatic hydroxyl groups is 1. The first-order valence-corrected chi connectivity index (χ1v) is 14.8. The van der Waals surface area contributed by atoms with Gasteiger partial charge >= 0.3 is 0 Å². The van der Waals surface area contributed by atoms with E-state index in [1.165, 1.54) is 12.5 Å². The predicted molar refractivity (Wildman–Crippen MR) is 142 cm³/mol. The van der Waals surface area contributed by atoms with E-state index in [4.69, 9.17) is 9.72 Å². The maximum absolute atomic E-state index is 12.1. The molecule has 200 valence electrons. The van der Waals surface area contributed by atoms with E-state index >= 15 is 0 Å². The summed E-state index contributed by atoms with van der Waals surface area (Å²) in [5.41, 5.74) is 1.37. The molecule has 0 spiro atoms. The van der Waals surface area contributed by atoms with E-state index < -0.39 is 15.6 Å². The van der Waals surface area contributed by atoms with Crippen LogP contribution in [0.4, 0.5) is 5.82 Å². The molecule has 2 unspecified atom stereocenters. The van der Waals surface area contributed by atoms with Crippen LogP contribution in [0, 0.1) is 17.2 Å². The van der Waals surface area contributed by atoms with Gasteiger partial charge < -0.3 is 14.7 Å². The lowest BCUT2D eigenvalue weighted by molar-refractivity contribution is 0.0283. The van der Waals surface area contributed by atoms with Crippen LogP contribution in [0.15, 0.2) is 36.8 Å². The van der Waals surface area contributed by atoms with Crippen LogP contribution in [0.5, 0.6) is 5.75 Å². The molecular formula is C27H32N6O4S. The lowest BCUT2D eigenvalue weighted by Gasteiger charge is -2.61. The van der Waals surface area contributed by atoms with Gasteiger partial charge in [0.2, 0.25) is 10.0 Å². The molecule has 4 bridgehead atoms. The SMILES string of the molecule is CC(C)(O)COc1cc(-c2ccc(N3C4CC5CC3CC(NS(C)(=O)=O)(C5)C4)nc2)c2c(C#N)cnn2c1. The van der Waals surface area contributed by atoms with Gasteiger partial charge in [0.15, 0.2) is 0 Å². The molecule has 4 aliphatic rings. The Hall–Kier alpha value is -3.20. The second kappa shape index (κ2) is 8.66. The Morgan fingerprint density at radius 1 is 1.24 bits per heavy atom. The molecule has 5 heterocycles. The summed E-state index contributed by atoms with van der Waals surface area (Å²) in [7, 11) is -3.28. The number of sulfonamides is 1. The fourth-order valence-corrected chi connectivity index (χ4v) is 7.99. The normalized spacial score (nSPS) is 26.6. The Balaban J connectivity index is 1.31. The van der Waals surface area contributed by atoms with Crippen LogP contribution in [0.2, 0.25) is 0 Å². The third-order valence-electron chi connectivity index (χ3n) is 7.95. The van der Waals surface area contributed by atoms with Crippen LogP contribution in [0.3, 0.4) is 0 Å². The highest BCUT2D eigenvalue weighted by Gasteiger charge is 2.55. The van der Waals surface area contributed by atoms with Crippen molar-refractivity contribution < 1.29 is 18.3 Å². The van der Waals surface area contributed by atoms with Crippen molar-refractivity contribution in [1.29, 1.82) is 5.26 Å². The van der Waals surface area contributed by atoms with E-state index in [2.05, 4.69) is 20.8 Å². The molecule has 2 saturated carbocycles. The molecule has 2 N–H and O–H groups in total. The van der Waals surface area contributed by atoms with Crippen LogP contribution in [0.1, 0.15) is 51.5 Å². The molecule has 0 amide bonds. The molecular weight excluding hydrogens is 504 g/mol. The Labute approximate surface area is 222 Å². The van der Waals surface area contributed by atoms with Crippen LogP contribution in [-0.4, -0.2) is 64.2 Å². The summed E-state index contributed by atoms with van der Waals surface area (Å²) in [5.74, 6) is 1.94. The first kappa shape index (κ1) is 25.1. The molecule has 0 radical (unpaired) electrons. The Kier molecular flexibility index (Phi) is 5.72. The Bertz CT molecular complexity index is 1520. The van der Waals surface area contributed by atoms with Gasteiger partial charge in [-0.05, 0) is 70.1 Å². The highest BCUT2D eigenvalue weighted by Crippen LogP contribution is 2.52. The van der Waals surface area contributed by atoms with Crippen LogP contribution in [0.25, 0.3) is 16.6 Å². The van der Waals surface area contributed by atoms with Crippen molar-refractivity contribution in [1.82, 2.24) is 19.3 Å². The van der Waals surface area contributed by atoms with Gasteiger partial charge in [-0.1, -0.05) is 0 Å². The number of nitrogens with zero attached hydrogens (tertiary/aromatic N) is 5. The highest BCUT2D eigenvalue weighted by atomic mass is 32.2. The first-order valence-electron chi connectivity index (χ1n) is 12.9. The van der Waals surface area contributed by atoms with Crippen molar-refractivity contribution in [2.45, 2.75) is 69.2 Å². The number of fused-ring (bicyclic) bond motifs is 1. The minimum atomic E-state index is -3.28. The monoisotopic (exact) mass is 536 g/mol. The first-order chi connectivity index (χ1) is 17.9. The summed E-state index contributed by atoms with van der Waals surface area (Å²) >= 11 is 0. The zero-order valence-corrected chi connectivity index (χ0v) is 22.6. The predicted octanol–water partition coefficient (Wildman–Crippen LogP) is 2.86. The Morgan fingerprint density at radius 3 is 2.58 bits per heavy atom. The summed E-state index contributed by atoms with van der Waals surface area (Å²) in [6.45, 7) is 3.46. The molecule has 2 aliphatic carbocycles. The van der Waals surface area contributed by atoms with Gasteiger partial charge in [0, 0.05) is 34.9 Å². The highest BCUT2D eigenvalue weighted by molar-refractivity contribution is 7.88. The topological polar surface area (TPSA) is 133 Å². The zero-order valence-electron chi connectivity index (χ0n) is 21.8. The lowest BCUT2D eigenvalue weighted by Crippen LogP contribution is -2.69. The maximum Gasteiger partial charge on any atom is 0.209 e. The maximum atomic E-state index is 12.1. The van der Waals surface area contributed by atoms with Gasteiger partial charge in [-0.3, -0.25) is 0 Å². The van der Waals surface area contributed by atoms with E-state index in [1.54, 1.807) is 24.6 Å². The number of nitrogens with one attached hydrogen (secondary N) is 1. The standard InChI is InChI=1S/C27H32N6O4S/c1-26(2,34)16-37-22-8-23(25-19(12-28)14-30-32(25)15-22)18-4-5-24(29-13-18)33-20-6-17-7-21(33)11-27(9-17,10-20)31-38(3,35)36/h4-5,8,13-15,17,20-21,31,34H,6-7,9-11,16H2,1-3H3. The minimum Gasteiger partial charge on any atom is -0.489 e. The summed E-state index contributed by atoms with van der Waals surface area (Å²) in [6, 6.07) is 8.57. The van der Waals surface area contributed by atoms with Crippen molar-refractivity contribution >= 4 is 21.4 Å². The summed E-state index contributed by atoms with van der Waals surface area (Å²) in [5, 5.41) is 24.1. The van der Waals surface area contributed by atoms with Gasteiger partial charge in [-0.25, -0.2) is 22.6 Å². The van der Waals surface area contributed by atoms with Crippen LogP contribution in [-0.2, 0) is 10.0 Å². The number of piperidine rings is 2. The van der Waals surface area contributed by atoms with Crippen molar-refractivity contribution in [2.75, 3.05) is 17.8 Å². The summed E-state index contributed by atoms with van der Waals surface area (Å²) < 4.78 is 34.6. The van der Waals surface area contributed by atoms with E-state index in [1.807, 2.05) is 24.4 Å². The van der Waals surface area contributed by atoms with E-state index in [0.717, 1.165) is 49.0 Å². The van der Waals surface area contributed by atoms with E-state index in [-0.39, 0.29) is 24.2 Å². The van der Waals surface area contributed by atoms with Gasteiger partial charge in [-0.15, -0.1) is 0 Å². The molecule has 4 fully saturated rings. The van der Waals surface area contributed by atoms with Crippen molar-refractivity contribution in [3.05, 3.63) is 42.4 Å². The largest absolute Gasteiger partial charge is 0.489 e. The number of hydrogen-bond donors (Lipinski definition) is 2. The third-order valence-corrected chi connectivity index (χ3v) is 8.76. The second-order valence-corrected chi connectivity index (χ2v) is 13.6. The summed E-state index contributed by atoms with van der Waals surface area (Å²) in [6.07, 6.45) is 10.9. The van der Waals surface area contributed by atoms with Gasteiger partial charge in [-0.2, -0.15) is 10.4 Å². The molecule has 3 aromatic rings. The van der Waals surface area contributed by atoms with Gasteiger partial charge in [0.05, 0.1) is 35.3 Å². The number of ether oxygens (including phenoxy) is 1. The minimum absolute atomic E-state index is 0.107. The van der Waals surface area contributed by atoms with Crippen molar-refractivity contribution in [3.63, 3.8) is 0 Å². The zero-order chi connectivity index (χ0) is 26.9. The average Bonchev–Trinajstić information content (AvgIpc) is 3.23. The molecule has 2 atom stereocenters. The third kappa shape index (κ3) is 4.61. The van der Waals surface area contributed by atoms with Crippen LogP contribution < -0.4 is 14.4 Å². The fraction of sp³-hybridized carbons (Fsp3) is 0.519. The molecule has 3 aromatic heterocycles. The molecule has 2 saturated heterocycles. The Morgan fingerprint density at radius 2 is 1.97 bits per heavy atom. The second-order valence-electron chi connectivity index (χ2n) is 11.9. The number of hydrogen-bond acceptors (Lipinski definition) is 8. The number of aromatic nitrogens is 3. The summed E-state index contributed by atoms with van der Waals surface area (Å²) in [4.78, 5) is 7.24. The molecule has 38 heavy (non-hydrogen) atoms. The molecule has 11 heteroatoms. The number of pyridine rings is 2. The number of rotatable bonds is 7. The quantitative estimate of drug-likeness (QED) is 0.471. The number of nitriles is 1. The smallest absolute Gasteiger partial charge is 0.209 e. The van der Waals surface area contributed by atoms with Crippen molar-refractivity contribution in [3.8, 4) is 22.9 Å². The number of anilines is 1. The van der Waals surface area contributed by atoms with E-state index in [0.29, 0.717) is 22.7 Å². The molecule has 2 aliphatic heterocycles. The van der Waals surface area contributed by atoms with Gasteiger partial charge in [0.25, 0.3) is 0 Å². The van der Waals surface area contributed by atoms with Gasteiger partial charge in [0.1, 0.15) is 24.2 Å². The molecule has 10 nitrogen and oxygen atoms in total. The van der Waals surface area contributed by atoms with Crippen LogP contribution >= 0.6 is 0 Å². The van der Waals surface area contributed by atoms with E-state index in [9.17, 15) is 18.8 Å². The molecule has 0 aromatic carbocycles. The van der Waals surface area contributed by atoms with Crippen molar-refractivity contribution in [2.24, 2.45) is 5.92 Å². The fourth-order valence-electron chi connectivity index (χ4n) is 6.95. The lowest BCUT2D eigenvalue weighted by atomic mass is 9.60. The molecule has 7 rings (SSSR count).